The first-order valence-corrected chi connectivity index (χ1v) is 4.52. The Labute approximate surface area is 81.6 Å². The zero-order chi connectivity index (χ0) is 10.1. The minimum atomic E-state index is -0.0231. The van der Waals surface area contributed by atoms with Crippen molar-refractivity contribution in [3.63, 3.8) is 0 Å². The van der Waals surface area contributed by atoms with Crippen LogP contribution in [0.15, 0.2) is 24.7 Å². The summed E-state index contributed by atoms with van der Waals surface area (Å²) < 4.78 is 1.61. The molecule has 2 heterocycles. The molecule has 72 valence electrons. The monoisotopic (exact) mass is 189 g/mol. The summed E-state index contributed by atoms with van der Waals surface area (Å²) in [6, 6.07) is 1.78. The highest BCUT2D eigenvalue weighted by molar-refractivity contribution is 6.02. The number of carbonyl (C=O) groups excluding carboxylic acids is 1. The molecule has 2 aromatic rings. The number of Topliss-reactive ketones (excluding diaryl/α,β-unsaturated/α-hetero) is 1. The Morgan fingerprint density at radius 3 is 3.00 bits per heavy atom. The summed E-state index contributed by atoms with van der Waals surface area (Å²) >= 11 is 0. The van der Waals surface area contributed by atoms with Crippen molar-refractivity contribution in [2.45, 2.75) is 13.8 Å². The van der Waals surface area contributed by atoms with Crippen LogP contribution in [0.4, 0.5) is 0 Å². The van der Waals surface area contributed by atoms with Crippen molar-refractivity contribution in [1.29, 1.82) is 0 Å². The van der Waals surface area contributed by atoms with E-state index in [1.807, 2.05) is 13.8 Å². The second-order valence-electron chi connectivity index (χ2n) is 3.47. The molecular formula is C10H11N3O. The molecule has 0 aliphatic heterocycles. The van der Waals surface area contributed by atoms with Crippen molar-refractivity contribution in [2.24, 2.45) is 5.92 Å². The fourth-order valence-corrected chi connectivity index (χ4v) is 1.31. The van der Waals surface area contributed by atoms with Crippen molar-refractivity contribution >= 4 is 11.4 Å². The summed E-state index contributed by atoms with van der Waals surface area (Å²) in [6.45, 7) is 3.74. The highest BCUT2D eigenvalue weighted by Crippen LogP contribution is 2.12. The van der Waals surface area contributed by atoms with Crippen molar-refractivity contribution in [1.82, 2.24) is 14.6 Å². The van der Waals surface area contributed by atoms with Gasteiger partial charge in [0.2, 0.25) is 0 Å². The number of fused-ring (bicyclic) bond motifs is 1. The highest BCUT2D eigenvalue weighted by atomic mass is 16.1. The maximum atomic E-state index is 11.7. The molecular weight excluding hydrogens is 178 g/mol. The second-order valence-corrected chi connectivity index (χ2v) is 3.47. The second kappa shape index (κ2) is 3.21. The average molecular weight is 189 g/mol. The summed E-state index contributed by atoms with van der Waals surface area (Å²) in [5, 5.41) is 4.06. The van der Waals surface area contributed by atoms with Crippen molar-refractivity contribution in [3.05, 3.63) is 30.2 Å². The van der Waals surface area contributed by atoms with E-state index in [1.165, 1.54) is 0 Å². The Morgan fingerprint density at radius 1 is 1.50 bits per heavy atom. The third-order valence-electron chi connectivity index (χ3n) is 2.07. The molecule has 0 aliphatic carbocycles. The molecule has 0 saturated carbocycles. The molecule has 0 radical (unpaired) electrons. The molecule has 4 heteroatoms. The van der Waals surface area contributed by atoms with E-state index in [0.29, 0.717) is 11.2 Å². The number of carbonyl (C=O) groups is 1. The summed E-state index contributed by atoms with van der Waals surface area (Å²) in [5.74, 6) is 0.0590. The Balaban J connectivity index is 2.58. The van der Waals surface area contributed by atoms with Gasteiger partial charge in [-0.3, -0.25) is 4.79 Å². The molecule has 0 saturated heterocycles. The SMILES string of the molecule is CC(C)C(=O)c1cnn2cccnc12. The molecule has 0 amide bonds. The van der Waals surface area contributed by atoms with Crippen LogP contribution in [0.3, 0.4) is 0 Å². The lowest BCUT2D eigenvalue weighted by atomic mass is 10.0. The minimum absolute atomic E-state index is 0.0231. The first kappa shape index (κ1) is 8.87. The first-order chi connectivity index (χ1) is 6.70. The number of hydrogen-bond acceptors (Lipinski definition) is 3. The highest BCUT2D eigenvalue weighted by Gasteiger charge is 2.16. The van der Waals surface area contributed by atoms with Gasteiger partial charge in [0.15, 0.2) is 11.4 Å². The number of aromatic nitrogens is 3. The summed E-state index contributed by atoms with van der Waals surface area (Å²) in [7, 11) is 0. The molecule has 0 aliphatic rings. The van der Waals surface area contributed by atoms with Gasteiger partial charge in [0.1, 0.15) is 0 Å². The quantitative estimate of drug-likeness (QED) is 0.673. The summed E-state index contributed by atoms with van der Waals surface area (Å²) in [4.78, 5) is 15.9. The van der Waals surface area contributed by atoms with E-state index in [2.05, 4.69) is 10.1 Å². The van der Waals surface area contributed by atoms with E-state index in [0.717, 1.165) is 0 Å². The van der Waals surface area contributed by atoms with Gasteiger partial charge in [0.05, 0.1) is 11.8 Å². The molecule has 0 bridgehead atoms. The Kier molecular flexibility index (Phi) is 2.04. The Bertz CT molecular complexity index is 473. The Hall–Kier alpha value is -1.71. The fourth-order valence-electron chi connectivity index (χ4n) is 1.31. The van der Waals surface area contributed by atoms with Gasteiger partial charge in [-0.1, -0.05) is 13.8 Å². The Morgan fingerprint density at radius 2 is 2.29 bits per heavy atom. The van der Waals surface area contributed by atoms with E-state index < -0.39 is 0 Å². The fraction of sp³-hybridized carbons (Fsp3) is 0.300. The molecule has 14 heavy (non-hydrogen) atoms. The van der Waals surface area contributed by atoms with Crippen molar-refractivity contribution in [3.8, 4) is 0 Å². The molecule has 0 aromatic carbocycles. The largest absolute Gasteiger partial charge is 0.294 e. The van der Waals surface area contributed by atoms with E-state index in [1.54, 1.807) is 29.2 Å². The normalized spacial score (nSPS) is 11.1. The lowest BCUT2D eigenvalue weighted by Crippen LogP contribution is -2.07. The van der Waals surface area contributed by atoms with Crippen LogP contribution in [0.25, 0.3) is 5.65 Å². The standard InChI is InChI=1S/C10H11N3O/c1-7(2)9(14)8-6-12-13-5-3-4-11-10(8)13/h3-7H,1-2H3. The van der Waals surface area contributed by atoms with Gasteiger partial charge in [0.25, 0.3) is 0 Å². The molecule has 0 N–H and O–H groups in total. The number of nitrogens with zero attached hydrogens (tertiary/aromatic N) is 3. The van der Waals surface area contributed by atoms with Gasteiger partial charge < -0.3 is 0 Å². The van der Waals surface area contributed by atoms with E-state index in [-0.39, 0.29) is 11.7 Å². The summed E-state index contributed by atoms with van der Waals surface area (Å²) in [6.07, 6.45) is 5.01. The van der Waals surface area contributed by atoms with Crippen molar-refractivity contribution in [2.75, 3.05) is 0 Å². The first-order valence-electron chi connectivity index (χ1n) is 4.52. The predicted octanol–water partition coefficient (Wildman–Crippen LogP) is 1.57. The zero-order valence-corrected chi connectivity index (χ0v) is 8.14. The lowest BCUT2D eigenvalue weighted by Gasteiger charge is -2.00. The summed E-state index contributed by atoms with van der Waals surface area (Å²) in [5.41, 5.74) is 1.23. The molecule has 2 rings (SSSR count). The zero-order valence-electron chi connectivity index (χ0n) is 8.14. The molecule has 4 nitrogen and oxygen atoms in total. The van der Waals surface area contributed by atoms with Crippen LogP contribution in [-0.4, -0.2) is 20.4 Å². The molecule has 2 aromatic heterocycles. The third kappa shape index (κ3) is 1.28. The van der Waals surface area contributed by atoms with Crippen LogP contribution >= 0.6 is 0 Å². The van der Waals surface area contributed by atoms with Crippen LogP contribution in [0, 0.1) is 5.92 Å². The molecule has 0 atom stereocenters. The molecule has 0 unspecified atom stereocenters. The van der Waals surface area contributed by atoms with Crippen LogP contribution < -0.4 is 0 Å². The smallest absolute Gasteiger partial charge is 0.170 e. The van der Waals surface area contributed by atoms with E-state index in [4.69, 9.17) is 0 Å². The van der Waals surface area contributed by atoms with Crippen LogP contribution in [-0.2, 0) is 0 Å². The van der Waals surface area contributed by atoms with E-state index in [9.17, 15) is 4.79 Å². The third-order valence-corrected chi connectivity index (χ3v) is 2.07. The van der Waals surface area contributed by atoms with Crippen molar-refractivity contribution < 1.29 is 4.79 Å². The lowest BCUT2D eigenvalue weighted by molar-refractivity contribution is 0.0941. The van der Waals surface area contributed by atoms with Gasteiger partial charge in [0, 0.05) is 18.3 Å². The van der Waals surface area contributed by atoms with Gasteiger partial charge in [-0.15, -0.1) is 0 Å². The van der Waals surface area contributed by atoms with Gasteiger partial charge in [-0.05, 0) is 6.07 Å². The molecule has 0 fully saturated rings. The minimum Gasteiger partial charge on any atom is -0.294 e. The average Bonchev–Trinajstić information content (AvgIpc) is 2.60. The topological polar surface area (TPSA) is 47.3 Å². The van der Waals surface area contributed by atoms with Crippen LogP contribution in [0.2, 0.25) is 0 Å². The number of ketones is 1. The van der Waals surface area contributed by atoms with Gasteiger partial charge >= 0.3 is 0 Å². The van der Waals surface area contributed by atoms with Crippen LogP contribution in [0.5, 0.6) is 0 Å². The van der Waals surface area contributed by atoms with Gasteiger partial charge in [-0.2, -0.15) is 5.10 Å². The predicted molar refractivity (Wildman–Crippen MR) is 52.2 cm³/mol. The maximum Gasteiger partial charge on any atom is 0.170 e. The number of hydrogen-bond donors (Lipinski definition) is 0. The maximum absolute atomic E-state index is 11.7. The van der Waals surface area contributed by atoms with Crippen LogP contribution in [0.1, 0.15) is 24.2 Å². The van der Waals surface area contributed by atoms with Gasteiger partial charge in [-0.25, -0.2) is 9.50 Å². The molecule has 0 spiro atoms. The van der Waals surface area contributed by atoms with E-state index >= 15 is 0 Å². The number of rotatable bonds is 2.